The minimum Gasteiger partial charge on any atom is -0.494 e. The molecule has 0 bridgehead atoms. The molecule has 0 radical (unpaired) electrons. The summed E-state index contributed by atoms with van der Waals surface area (Å²) >= 11 is 5.58. The van der Waals surface area contributed by atoms with Crippen molar-refractivity contribution < 1.29 is 14.3 Å². The molecule has 0 saturated carbocycles. The van der Waals surface area contributed by atoms with Crippen LogP contribution >= 0.6 is 12.2 Å². The van der Waals surface area contributed by atoms with Crippen LogP contribution in [0.25, 0.3) is 11.8 Å². The Morgan fingerprint density at radius 3 is 2.23 bits per heavy atom. The van der Waals surface area contributed by atoms with Gasteiger partial charge < -0.3 is 9.30 Å². The van der Waals surface area contributed by atoms with Crippen molar-refractivity contribution in [1.82, 2.24) is 9.47 Å². The summed E-state index contributed by atoms with van der Waals surface area (Å²) in [5.41, 5.74) is 4.46. The highest BCUT2D eigenvalue weighted by molar-refractivity contribution is 7.80. The minimum atomic E-state index is -0.413. The molecule has 0 N–H and O–H groups in total. The molecule has 35 heavy (non-hydrogen) atoms. The number of anilines is 1. The van der Waals surface area contributed by atoms with Crippen LogP contribution in [0.15, 0.2) is 66.2 Å². The van der Waals surface area contributed by atoms with Crippen LogP contribution in [0.2, 0.25) is 0 Å². The van der Waals surface area contributed by atoms with Gasteiger partial charge in [-0.05, 0) is 93.5 Å². The molecule has 3 aromatic rings. The first-order chi connectivity index (χ1) is 16.9. The largest absolute Gasteiger partial charge is 0.494 e. The fourth-order valence-corrected chi connectivity index (χ4v) is 4.71. The Kier molecular flexibility index (Phi) is 7.17. The second-order valence-corrected chi connectivity index (χ2v) is 8.73. The van der Waals surface area contributed by atoms with Gasteiger partial charge in [0.15, 0.2) is 5.11 Å². The number of para-hydroxylation sites is 1. The Labute approximate surface area is 211 Å². The SMILES string of the molecule is CCCN1C(=O)/C(=C\c2cc(C)n(-c3ccc(OCC)cc3)c2C)C(=O)N(c2ccccc2)C1=S. The van der Waals surface area contributed by atoms with E-state index >= 15 is 0 Å². The third-order valence-corrected chi connectivity index (χ3v) is 6.37. The summed E-state index contributed by atoms with van der Waals surface area (Å²) in [5, 5.41) is 0.213. The predicted molar refractivity (Wildman–Crippen MR) is 143 cm³/mol. The van der Waals surface area contributed by atoms with Crippen LogP contribution in [-0.4, -0.2) is 39.5 Å². The van der Waals surface area contributed by atoms with Crippen molar-refractivity contribution >= 4 is 40.9 Å². The lowest BCUT2D eigenvalue weighted by atomic mass is 10.1. The summed E-state index contributed by atoms with van der Waals surface area (Å²) < 4.78 is 7.66. The lowest BCUT2D eigenvalue weighted by Crippen LogP contribution is -2.56. The van der Waals surface area contributed by atoms with Crippen LogP contribution in [0.4, 0.5) is 5.69 Å². The second-order valence-electron chi connectivity index (χ2n) is 8.36. The first-order valence-electron chi connectivity index (χ1n) is 11.8. The summed E-state index contributed by atoms with van der Waals surface area (Å²) in [6.45, 7) is 8.97. The minimum absolute atomic E-state index is 0.0999. The highest BCUT2D eigenvalue weighted by Gasteiger charge is 2.40. The zero-order chi connectivity index (χ0) is 25.1. The third-order valence-electron chi connectivity index (χ3n) is 5.97. The van der Waals surface area contributed by atoms with Crippen molar-refractivity contribution in [1.29, 1.82) is 0 Å². The second kappa shape index (κ2) is 10.3. The number of amides is 2. The van der Waals surface area contributed by atoms with Crippen LogP contribution in [-0.2, 0) is 9.59 Å². The fraction of sp³-hybridized carbons (Fsp3) is 0.250. The third kappa shape index (κ3) is 4.64. The van der Waals surface area contributed by atoms with Crippen LogP contribution in [0.1, 0.15) is 37.2 Å². The van der Waals surface area contributed by atoms with E-state index in [0.29, 0.717) is 18.8 Å². The average molecular weight is 488 g/mol. The maximum atomic E-state index is 13.6. The Morgan fingerprint density at radius 2 is 1.60 bits per heavy atom. The smallest absolute Gasteiger partial charge is 0.270 e. The number of rotatable bonds is 7. The molecule has 7 heteroatoms. The molecule has 180 valence electrons. The van der Waals surface area contributed by atoms with Crippen molar-refractivity contribution in [2.75, 3.05) is 18.1 Å². The zero-order valence-electron chi connectivity index (χ0n) is 20.4. The first-order valence-corrected chi connectivity index (χ1v) is 12.2. The summed E-state index contributed by atoms with van der Waals surface area (Å²) in [7, 11) is 0. The number of nitrogens with zero attached hydrogens (tertiary/aromatic N) is 3. The van der Waals surface area contributed by atoms with Crippen molar-refractivity contribution in [3.8, 4) is 11.4 Å². The molecule has 0 spiro atoms. The maximum Gasteiger partial charge on any atom is 0.270 e. The van der Waals surface area contributed by atoms with Crippen molar-refractivity contribution in [2.45, 2.75) is 34.1 Å². The number of carbonyl (C=O) groups excluding carboxylic acids is 2. The molecule has 0 unspecified atom stereocenters. The van der Waals surface area contributed by atoms with Crippen molar-refractivity contribution in [3.63, 3.8) is 0 Å². The van der Waals surface area contributed by atoms with Crippen molar-refractivity contribution in [3.05, 3.63) is 83.2 Å². The molecular formula is C28H29N3O3S. The number of thiocarbonyl (C=S) groups is 1. The number of hydrogen-bond acceptors (Lipinski definition) is 4. The Bertz CT molecular complexity index is 1290. The van der Waals surface area contributed by atoms with Gasteiger partial charge in [-0.25, -0.2) is 0 Å². The Hall–Kier alpha value is -3.71. The predicted octanol–water partition coefficient (Wildman–Crippen LogP) is 5.45. The van der Waals surface area contributed by atoms with Crippen molar-refractivity contribution in [2.24, 2.45) is 0 Å². The Balaban J connectivity index is 1.77. The van der Waals surface area contributed by atoms with Gasteiger partial charge in [-0.3, -0.25) is 19.4 Å². The van der Waals surface area contributed by atoms with Crippen LogP contribution in [0, 0.1) is 13.8 Å². The molecule has 2 amide bonds. The normalized spacial score (nSPS) is 15.3. The summed E-state index contributed by atoms with van der Waals surface area (Å²) in [6.07, 6.45) is 2.42. The molecule has 1 aromatic heterocycles. The standard InChI is InChI=1S/C28H29N3O3S/c1-5-16-29-26(32)25(27(33)31(28(29)35)22-10-8-7-9-11-22)18-21-17-19(3)30(20(21)4)23-12-14-24(15-13-23)34-6-2/h7-15,17-18H,5-6,16H2,1-4H3/b25-18+. The summed E-state index contributed by atoms with van der Waals surface area (Å²) in [6, 6.07) is 19.1. The topological polar surface area (TPSA) is 54.8 Å². The van der Waals surface area contributed by atoms with Crippen LogP contribution < -0.4 is 9.64 Å². The molecule has 1 fully saturated rings. The number of carbonyl (C=O) groups is 2. The fourth-order valence-electron chi connectivity index (χ4n) is 4.35. The van der Waals surface area contributed by atoms with Gasteiger partial charge in [0.1, 0.15) is 11.3 Å². The molecule has 1 aliphatic rings. The lowest BCUT2D eigenvalue weighted by Gasteiger charge is -2.36. The highest BCUT2D eigenvalue weighted by atomic mass is 32.1. The maximum absolute atomic E-state index is 13.6. The van der Waals surface area contributed by atoms with Crippen LogP contribution in [0.3, 0.4) is 0 Å². The Morgan fingerprint density at radius 1 is 0.914 bits per heavy atom. The van der Waals surface area contributed by atoms with E-state index in [0.717, 1.165) is 34.8 Å². The van der Waals surface area contributed by atoms with Gasteiger partial charge in [0.25, 0.3) is 11.8 Å². The van der Waals surface area contributed by atoms with E-state index in [1.807, 2.05) is 88.4 Å². The number of ether oxygens (including phenoxy) is 1. The number of aromatic nitrogens is 1. The number of aryl methyl sites for hydroxylation is 1. The van der Waals surface area contributed by atoms with E-state index in [-0.39, 0.29) is 16.6 Å². The van der Waals surface area contributed by atoms with Gasteiger partial charge in [0.05, 0.1) is 12.3 Å². The molecule has 2 aromatic carbocycles. The first kappa shape index (κ1) is 24.4. The van der Waals surface area contributed by atoms with Gasteiger partial charge in [-0.1, -0.05) is 25.1 Å². The number of benzene rings is 2. The highest BCUT2D eigenvalue weighted by Crippen LogP contribution is 2.29. The average Bonchev–Trinajstić information content (AvgIpc) is 3.13. The molecule has 0 atom stereocenters. The summed E-state index contributed by atoms with van der Waals surface area (Å²) in [5.74, 6) is 0.0387. The van der Waals surface area contributed by atoms with Gasteiger partial charge in [-0.15, -0.1) is 0 Å². The molecule has 0 aliphatic carbocycles. The molecule has 2 heterocycles. The monoisotopic (exact) mass is 487 g/mol. The van der Waals surface area contributed by atoms with Gasteiger partial charge in [-0.2, -0.15) is 0 Å². The molecular weight excluding hydrogens is 458 g/mol. The molecule has 6 nitrogen and oxygen atoms in total. The van der Waals surface area contributed by atoms with Gasteiger partial charge >= 0.3 is 0 Å². The number of hydrogen-bond donors (Lipinski definition) is 0. The van der Waals surface area contributed by atoms with Gasteiger partial charge in [0, 0.05) is 23.6 Å². The van der Waals surface area contributed by atoms with Gasteiger partial charge in [0.2, 0.25) is 0 Å². The van der Waals surface area contributed by atoms with E-state index in [4.69, 9.17) is 17.0 Å². The van der Waals surface area contributed by atoms with E-state index in [1.54, 1.807) is 6.08 Å². The zero-order valence-corrected chi connectivity index (χ0v) is 21.3. The molecule has 4 rings (SSSR count). The van der Waals surface area contributed by atoms with E-state index in [9.17, 15) is 9.59 Å². The quantitative estimate of drug-likeness (QED) is 0.253. The van der Waals surface area contributed by atoms with Crippen LogP contribution in [0.5, 0.6) is 5.75 Å². The molecule has 1 saturated heterocycles. The lowest BCUT2D eigenvalue weighted by molar-refractivity contribution is -0.127. The van der Waals surface area contributed by atoms with E-state index in [2.05, 4.69) is 4.57 Å². The summed E-state index contributed by atoms with van der Waals surface area (Å²) in [4.78, 5) is 29.9. The van der Waals surface area contributed by atoms with E-state index < -0.39 is 5.91 Å². The molecule has 1 aliphatic heterocycles. The van der Waals surface area contributed by atoms with E-state index in [1.165, 1.54) is 9.80 Å².